The molecule has 1 heterocycles. The molecular weight excluding hydrogens is 248 g/mol. The van der Waals surface area contributed by atoms with Crippen LogP contribution in [0.2, 0.25) is 0 Å². The van der Waals surface area contributed by atoms with Gasteiger partial charge in [0, 0.05) is 12.4 Å². The number of hydrogen-bond acceptors (Lipinski definition) is 4. The zero-order valence-corrected chi connectivity index (χ0v) is 11.1. The molecule has 98 valence electrons. The van der Waals surface area contributed by atoms with Crippen LogP contribution in [0, 0.1) is 6.92 Å². The third kappa shape index (κ3) is 2.80. The van der Waals surface area contributed by atoms with Gasteiger partial charge >= 0.3 is 0 Å². The number of hydrogen-bond donors (Lipinski definition) is 1. The predicted octanol–water partition coefficient (Wildman–Crippen LogP) is 3.38. The van der Waals surface area contributed by atoms with Crippen LogP contribution >= 0.6 is 0 Å². The first-order valence-corrected chi connectivity index (χ1v) is 6.38. The summed E-state index contributed by atoms with van der Waals surface area (Å²) in [7, 11) is 0. The number of nitrogens with zero attached hydrogens (tertiary/aromatic N) is 3. The predicted molar refractivity (Wildman–Crippen MR) is 81.9 cm³/mol. The van der Waals surface area contributed by atoms with Gasteiger partial charge in [-0.15, -0.1) is 0 Å². The van der Waals surface area contributed by atoms with Gasteiger partial charge in [0.2, 0.25) is 0 Å². The van der Waals surface area contributed by atoms with Crippen molar-refractivity contribution in [2.45, 2.75) is 6.92 Å². The molecule has 0 aliphatic rings. The summed E-state index contributed by atoms with van der Waals surface area (Å²) in [6, 6.07) is 14.0. The lowest BCUT2D eigenvalue weighted by atomic mass is 10.2. The van der Waals surface area contributed by atoms with Crippen LogP contribution in [-0.2, 0) is 0 Å². The van der Waals surface area contributed by atoms with E-state index in [9.17, 15) is 0 Å². The Balaban J connectivity index is 1.77. The maximum Gasteiger partial charge on any atom is 0.0893 e. The zero-order chi connectivity index (χ0) is 13.8. The second kappa shape index (κ2) is 5.48. The number of fused-ring (bicyclic) bond motifs is 1. The van der Waals surface area contributed by atoms with E-state index in [0.29, 0.717) is 0 Å². The smallest absolute Gasteiger partial charge is 0.0893 e. The topological polar surface area (TPSA) is 50.2 Å². The quantitative estimate of drug-likeness (QED) is 0.581. The molecule has 3 rings (SSSR count). The monoisotopic (exact) mass is 262 g/mol. The lowest BCUT2D eigenvalue weighted by Gasteiger charge is -2.01. The van der Waals surface area contributed by atoms with Crippen molar-refractivity contribution in [3.8, 4) is 0 Å². The van der Waals surface area contributed by atoms with E-state index < -0.39 is 0 Å². The minimum absolute atomic E-state index is 0.868. The van der Waals surface area contributed by atoms with E-state index in [1.807, 2.05) is 36.4 Å². The van der Waals surface area contributed by atoms with Gasteiger partial charge in [-0.05, 0) is 42.3 Å². The van der Waals surface area contributed by atoms with Crippen molar-refractivity contribution in [3.63, 3.8) is 0 Å². The molecule has 4 heteroatoms. The molecule has 0 aliphatic heterocycles. The maximum atomic E-state index is 4.28. The van der Waals surface area contributed by atoms with Gasteiger partial charge in [-0.3, -0.25) is 15.4 Å². The normalized spacial score (nSPS) is 11.1. The second-order valence-corrected chi connectivity index (χ2v) is 4.54. The largest absolute Gasteiger partial charge is 0.278 e. The van der Waals surface area contributed by atoms with Gasteiger partial charge in [0.1, 0.15) is 0 Å². The van der Waals surface area contributed by atoms with Crippen molar-refractivity contribution in [2.75, 3.05) is 5.43 Å². The Labute approximate surface area is 117 Å². The van der Waals surface area contributed by atoms with E-state index in [-0.39, 0.29) is 0 Å². The van der Waals surface area contributed by atoms with Gasteiger partial charge < -0.3 is 0 Å². The molecule has 0 bridgehead atoms. The molecule has 1 N–H and O–H groups in total. The molecule has 0 atom stereocenters. The molecule has 3 aromatic rings. The summed E-state index contributed by atoms with van der Waals surface area (Å²) in [4.78, 5) is 8.51. The van der Waals surface area contributed by atoms with E-state index in [2.05, 4.69) is 33.5 Å². The SMILES string of the molecule is Cc1cccc(NN=Cc2ccc3nccnc3c2)c1. The van der Waals surface area contributed by atoms with Crippen molar-refractivity contribution < 1.29 is 0 Å². The Bertz CT molecular complexity index is 765. The van der Waals surface area contributed by atoms with E-state index in [4.69, 9.17) is 0 Å². The average molecular weight is 262 g/mol. The summed E-state index contributed by atoms with van der Waals surface area (Å²) in [6.45, 7) is 2.05. The van der Waals surface area contributed by atoms with Crippen LogP contribution in [0.3, 0.4) is 0 Å². The average Bonchev–Trinajstić information content (AvgIpc) is 2.47. The standard InChI is InChI=1S/C16H14N4/c1-12-3-2-4-14(9-12)20-19-11-13-5-6-15-16(10-13)18-8-7-17-15/h2-11,20H,1H3. The number of benzene rings is 2. The Morgan fingerprint density at radius 2 is 1.85 bits per heavy atom. The van der Waals surface area contributed by atoms with Gasteiger partial charge in [-0.25, -0.2) is 0 Å². The molecule has 0 fully saturated rings. The van der Waals surface area contributed by atoms with Crippen LogP contribution < -0.4 is 5.43 Å². The lowest BCUT2D eigenvalue weighted by Crippen LogP contribution is -1.91. The highest BCUT2D eigenvalue weighted by atomic mass is 15.3. The first-order valence-electron chi connectivity index (χ1n) is 6.38. The van der Waals surface area contributed by atoms with Gasteiger partial charge in [0.05, 0.1) is 22.9 Å². The van der Waals surface area contributed by atoms with Gasteiger partial charge in [-0.2, -0.15) is 5.10 Å². The highest BCUT2D eigenvalue weighted by Crippen LogP contribution is 2.11. The van der Waals surface area contributed by atoms with Crippen LogP contribution in [0.1, 0.15) is 11.1 Å². The molecule has 2 aromatic carbocycles. The second-order valence-electron chi connectivity index (χ2n) is 4.54. The highest BCUT2D eigenvalue weighted by Gasteiger charge is 1.96. The Hall–Kier alpha value is -2.75. The molecule has 20 heavy (non-hydrogen) atoms. The maximum absolute atomic E-state index is 4.28. The molecule has 0 spiro atoms. The zero-order valence-electron chi connectivity index (χ0n) is 11.1. The van der Waals surface area contributed by atoms with Crippen LogP contribution in [0.15, 0.2) is 60.0 Å². The van der Waals surface area contributed by atoms with Gasteiger partial charge in [0.15, 0.2) is 0 Å². The Morgan fingerprint density at radius 1 is 1.00 bits per heavy atom. The van der Waals surface area contributed by atoms with Crippen molar-refractivity contribution in [1.29, 1.82) is 0 Å². The van der Waals surface area contributed by atoms with E-state index in [0.717, 1.165) is 22.3 Å². The fourth-order valence-corrected chi connectivity index (χ4v) is 1.96. The molecule has 0 radical (unpaired) electrons. The number of rotatable bonds is 3. The third-order valence-electron chi connectivity index (χ3n) is 2.92. The van der Waals surface area contributed by atoms with Crippen LogP contribution in [0.25, 0.3) is 11.0 Å². The van der Waals surface area contributed by atoms with E-state index in [1.54, 1.807) is 18.6 Å². The first-order chi connectivity index (χ1) is 9.81. The number of aromatic nitrogens is 2. The van der Waals surface area contributed by atoms with Crippen molar-refractivity contribution in [1.82, 2.24) is 9.97 Å². The van der Waals surface area contributed by atoms with Crippen molar-refractivity contribution in [2.24, 2.45) is 5.10 Å². The summed E-state index contributed by atoms with van der Waals surface area (Å²) in [5.74, 6) is 0. The number of nitrogens with one attached hydrogen (secondary N) is 1. The van der Waals surface area contributed by atoms with Crippen molar-refractivity contribution >= 4 is 22.9 Å². The number of hydrazone groups is 1. The molecule has 1 aromatic heterocycles. The summed E-state index contributed by atoms with van der Waals surface area (Å²) in [5, 5.41) is 4.24. The van der Waals surface area contributed by atoms with Gasteiger partial charge in [0.25, 0.3) is 0 Å². The summed E-state index contributed by atoms with van der Waals surface area (Å²) in [6.07, 6.45) is 5.15. The molecule has 0 saturated carbocycles. The van der Waals surface area contributed by atoms with Gasteiger partial charge in [-0.1, -0.05) is 18.2 Å². The number of aryl methyl sites for hydroxylation is 1. The molecule has 4 nitrogen and oxygen atoms in total. The molecule has 0 aliphatic carbocycles. The van der Waals surface area contributed by atoms with E-state index >= 15 is 0 Å². The molecular formula is C16H14N4. The number of anilines is 1. The fourth-order valence-electron chi connectivity index (χ4n) is 1.96. The molecule has 0 saturated heterocycles. The van der Waals surface area contributed by atoms with Crippen molar-refractivity contribution in [3.05, 3.63) is 66.0 Å². The first kappa shape index (κ1) is 12.3. The van der Waals surface area contributed by atoms with Crippen LogP contribution in [0.4, 0.5) is 5.69 Å². The Kier molecular flexibility index (Phi) is 3.37. The Morgan fingerprint density at radius 3 is 2.70 bits per heavy atom. The lowest BCUT2D eigenvalue weighted by molar-refractivity contribution is 1.29. The summed E-state index contributed by atoms with van der Waals surface area (Å²) in [5.41, 5.74) is 7.93. The summed E-state index contributed by atoms with van der Waals surface area (Å²) < 4.78 is 0. The fraction of sp³-hybridized carbons (Fsp3) is 0.0625. The minimum Gasteiger partial charge on any atom is -0.278 e. The third-order valence-corrected chi connectivity index (χ3v) is 2.92. The molecule has 0 unspecified atom stereocenters. The van der Waals surface area contributed by atoms with E-state index in [1.165, 1.54) is 5.56 Å². The highest BCUT2D eigenvalue weighted by molar-refractivity contribution is 5.86. The van der Waals surface area contributed by atoms with Crippen LogP contribution in [-0.4, -0.2) is 16.2 Å². The summed E-state index contributed by atoms with van der Waals surface area (Å²) >= 11 is 0. The minimum atomic E-state index is 0.868. The van der Waals surface area contributed by atoms with Crippen LogP contribution in [0.5, 0.6) is 0 Å². The molecule has 0 amide bonds.